The summed E-state index contributed by atoms with van der Waals surface area (Å²) in [6.07, 6.45) is 67.2. The van der Waals surface area contributed by atoms with Crippen molar-refractivity contribution in [2.24, 2.45) is 0 Å². The Hall–Kier alpha value is -3.41. The smallest absolute Gasteiger partial charge is 0.306 e. The van der Waals surface area contributed by atoms with Crippen LogP contribution >= 0.6 is 0 Å². The summed E-state index contributed by atoms with van der Waals surface area (Å²) >= 11 is 0. The zero-order valence-electron chi connectivity index (χ0n) is 41.8. The first-order chi connectivity index (χ1) is 31.5. The van der Waals surface area contributed by atoms with Crippen molar-refractivity contribution in [3.8, 4) is 0 Å². The van der Waals surface area contributed by atoms with Crippen molar-refractivity contribution in [3.63, 3.8) is 0 Å². The van der Waals surface area contributed by atoms with E-state index in [1.54, 1.807) is 0 Å². The lowest BCUT2D eigenvalue weighted by Crippen LogP contribution is -2.30. The summed E-state index contributed by atoms with van der Waals surface area (Å²) in [4.78, 5) is 37.9. The number of carbonyl (C=O) groups is 3. The molecule has 0 amide bonds. The van der Waals surface area contributed by atoms with Gasteiger partial charge in [-0.2, -0.15) is 0 Å². The number of hydrogen-bond donors (Lipinski definition) is 0. The van der Waals surface area contributed by atoms with Crippen molar-refractivity contribution in [2.45, 2.75) is 252 Å². The van der Waals surface area contributed by atoms with Gasteiger partial charge < -0.3 is 14.2 Å². The highest BCUT2D eigenvalue weighted by atomic mass is 16.6. The van der Waals surface area contributed by atoms with Crippen molar-refractivity contribution in [1.82, 2.24) is 0 Å². The Morgan fingerprint density at radius 1 is 0.328 bits per heavy atom. The Balaban J connectivity index is 4.49. The monoisotopic (exact) mass is 891 g/mol. The lowest BCUT2D eigenvalue weighted by molar-refractivity contribution is -0.166. The van der Waals surface area contributed by atoms with E-state index in [4.69, 9.17) is 14.2 Å². The Morgan fingerprint density at radius 3 is 1.05 bits per heavy atom. The van der Waals surface area contributed by atoms with E-state index in [9.17, 15) is 14.4 Å². The third-order valence-corrected chi connectivity index (χ3v) is 11.1. The number of unbranched alkanes of at least 4 members (excludes halogenated alkanes) is 22. The molecule has 0 heterocycles. The molecule has 0 unspecified atom stereocenters. The molecule has 6 nitrogen and oxygen atoms in total. The predicted octanol–water partition coefficient (Wildman–Crippen LogP) is 17.6. The second-order valence-electron chi connectivity index (χ2n) is 17.4. The topological polar surface area (TPSA) is 78.9 Å². The quantitative estimate of drug-likeness (QED) is 0.0262. The number of esters is 3. The first kappa shape index (κ1) is 60.6. The van der Waals surface area contributed by atoms with Crippen LogP contribution in [0.3, 0.4) is 0 Å². The molecule has 0 aromatic heterocycles. The van der Waals surface area contributed by atoms with Crippen LogP contribution in [0.1, 0.15) is 245 Å². The summed E-state index contributed by atoms with van der Waals surface area (Å²) in [6.45, 7) is 6.44. The maximum Gasteiger partial charge on any atom is 0.306 e. The molecule has 0 rings (SSSR count). The molecule has 366 valence electrons. The average molecular weight is 891 g/mol. The van der Waals surface area contributed by atoms with Crippen LogP contribution in [0.5, 0.6) is 0 Å². The summed E-state index contributed by atoms with van der Waals surface area (Å²) in [5.74, 6) is -0.997. The van der Waals surface area contributed by atoms with Crippen molar-refractivity contribution < 1.29 is 28.6 Å². The summed E-state index contributed by atoms with van der Waals surface area (Å²) in [6, 6.07) is 0. The Labute approximate surface area is 395 Å². The van der Waals surface area contributed by atoms with Gasteiger partial charge in [-0.1, -0.05) is 228 Å². The van der Waals surface area contributed by atoms with E-state index in [1.165, 1.54) is 109 Å². The normalized spacial score (nSPS) is 12.7. The fourth-order valence-corrected chi connectivity index (χ4v) is 7.17. The zero-order valence-corrected chi connectivity index (χ0v) is 41.8. The molecule has 0 aliphatic rings. The van der Waals surface area contributed by atoms with Gasteiger partial charge in [-0.15, -0.1) is 0 Å². The van der Waals surface area contributed by atoms with Crippen LogP contribution in [0.4, 0.5) is 0 Å². The lowest BCUT2D eigenvalue weighted by atomic mass is 10.1. The minimum absolute atomic E-state index is 0.102. The molecule has 0 saturated heterocycles. The van der Waals surface area contributed by atoms with E-state index < -0.39 is 6.10 Å². The van der Waals surface area contributed by atoms with Gasteiger partial charge in [-0.3, -0.25) is 14.4 Å². The molecular formula is C58H98O6. The number of ether oxygens (including phenoxy) is 3. The van der Waals surface area contributed by atoms with Crippen LogP contribution in [0.15, 0.2) is 85.1 Å². The van der Waals surface area contributed by atoms with Gasteiger partial charge in [0.05, 0.1) is 0 Å². The lowest BCUT2D eigenvalue weighted by Gasteiger charge is -2.18. The van der Waals surface area contributed by atoms with Gasteiger partial charge in [0.1, 0.15) is 13.2 Å². The van der Waals surface area contributed by atoms with Gasteiger partial charge in [0.2, 0.25) is 0 Å². The highest BCUT2D eigenvalue weighted by molar-refractivity contribution is 5.71. The molecular weight excluding hydrogens is 793 g/mol. The number of rotatable bonds is 47. The van der Waals surface area contributed by atoms with E-state index in [-0.39, 0.29) is 37.5 Å². The molecule has 0 spiro atoms. The summed E-state index contributed by atoms with van der Waals surface area (Å²) in [5, 5.41) is 0. The van der Waals surface area contributed by atoms with Crippen molar-refractivity contribution in [3.05, 3.63) is 85.1 Å². The molecule has 0 bridgehead atoms. The van der Waals surface area contributed by atoms with E-state index in [2.05, 4.69) is 99.8 Å². The van der Waals surface area contributed by atoms with E-state index in [1.807, 2.05) is 6.08 Å². The third kappa shape index (κ3) is 49.6. The van der Waals surface area contributed by atoms with Crippen LogP contribution in [0.2, 0.25) is 0 Å². The van der Waals surface area contributed by atoms with Crippen molar-refractivity contribution >= 4 is 17.9 Å². The highest BCUT2D eigenvalue weighted by Crippen LogP contribution is 2.14. The van der Waals surface area contributed by atoms with E-state index >= 15 is 0 Å². The standard InChI is InChI=1S/C58H98O6/c1-4-7-10-13-16-19-22-24-26-28-29-30-32-33-36-39-42-45-48-51-57(60)63-54-55(53-62-56(59)50-47-44-41-38-35-21-18-15-12-9-6-3)64-58(61)52-49-46-43-40-37-34-31-27-25-23-20-17-14-11-8-5-2/h7,10,16,19,24,26-27,29-31,33,36,42,45,55H,4-6,8-9,11-15,17-18,20-23,25,28,32,34-35,37-41,43-44,46-54H2,1-3H3/b10-7-,19-16-,26-24-,30-29-,31-27-,36-33-,45-42-/t55-/m1/s1. The molecule has 0 aliphatic carbocycles. The zero-order chi connectivity index (χ0) is 46.5. The summed E-state index contributed by atoms with van der Waals surface area (Å²) < 4.78 is 16.7. The Bertz CT molecular complexity index is 1250. The highest BCUT2D eigenvalue weighted by Gasteiger charge is 2.19. The number of hydrogen-bond acceptors (Lipinski definition) is 6. The number of carbonyl (C=O) groups excluding carboxylic acids is 3. The Kier molecular flexibility index (Phi) is 49.4. The predicted molar refractivity (Wildman–Crippen MR) is 274 cm³/mol. The first-order valence-electron chi connectivity index (χ1n) is 26.6. The van der Waals surface area contributed by atoms with Gasteiger partial charge in [0, 0.05) is 19.3 Å². The van der Waals surface area contributed by atoms with Crippen LogP contribution < -0.4 is 0 Å². The fourth-order valence-electron chi connectivity index (χ4n) is 7.17. The van der Waals surface area contributed by atoms with Crippen LogP contribution in [-0.2, 0) is 28.6 Å². The fraction of sp³-hybridized carbons (Fsp3) is 0.707. The molecule has 0 aromatic carbocycles. The minimum atomic E-state index is -0.809. The largest absolute Gasteiger partial charge is 0.462 e. The molecule has 6 heteroatoms. The molecule has 1 atom stereocenters. The SMILES string of the molecule is CC/C=C\C/C=C\C/C=C\C/C=C\C/C=C\C/C=C\CCC(=O)OC[C@@H](COC(=O)CCCCCCCCCCCCC)OC(=O)CCCCCCC/C=C\CCCCCCCCC. The maximum atomic E-state index is 12.8. The maximum absolute atomic E-state index is 12.8. The van der Waals surface area contributed by atoms with Crippen LogP contribution in [0.25, 0.3) is 0 Å². The van der Waals surface area contributed by atoms with Gasteiger partial charge in [0.15, 0.2) is 6.10 Å². The molecule has 0 aromatic rings. The molecule has 0 N–H and O–H groups in total. The molecule has 0 fully saturated rings. The summed E-state index contributed by atoms with van der Waals surface area (Å²) in [5.41, 5.74) is 0. The van der Waals surface area contributed by atoms with Gasteiger partial charge in [-0.25, -0.2) is 0 Å². The van der Waals surface area contributed by atoms with E-state index in [0.717, 1.165) is 89.9 Å². The van der Waals surface area contributed by atoms with Crippen molar-refractivity contribution in [1.29, 1.82) is 0 Å². The molecule has 0 radical (unpaired) electrons. The van der Waals surface area contributed by atoms with Crippen LogP contribution in [-0.4, -0.2) is 37.2 Å². The molecule has 64 heavy (non-hydrogen) atoms. The third-order valence-electron chi connectivity index (χ3n) is 11.1. The van der Waals surface area contributed by atoms with Gasteiger partial charge in [-0.05, 0) is 83.5 Å². The summed E-state index contributed by atoms with van der Waals surface area (Å²) in [7, 11) is 0. The van der Waals surface area contributed by atoms with Gasteiger partial charge >= 0.3 is 17.9 Å². The van der Waals surface area contributed by atoms with Crippen molar-refractivity contribution in [2.75, 3.05) is 13.2 Å². The Morgan fingerprint density at radius 2 is 0.641 bits per heavy atom. The van der Waals surface area contributed by atoms with Crippen LogP contribution in [0, 0.1) is 0 Å². The molecule has 0 aliphatic heterocycles. The number of allylic oxidation sites excluding steroid dienone is 14. The second kappa shape index (κ2) is 52.2. The average Bonchev–Trinajstić information content (AvgIpc) is 3.29. The van der Waals surface area contributed by atoms with Gasteiger partial charge in [0.25, 0.3) is 0 Å². The molecule has 0 saturated carbocycles. The second-order valence-corrected chi connectivity index (χ2v) is 17.4. The minimum Gasteiger partial charge on any atom is -0.462 e. The first-order valence-corrected chi connectivity index (χ1v) is 26.6. The van der Waals surface area contributed by atoms with E-state index in [0.29, 0.717) is 19.3 Å².